The third kappa shape index (κ3) is 5.25. The zero-order chi connectivity index (χ0) is 16.7. The second kappa shape index (κ2) is 8.13. The number of nitrogens with zero attached hydrogens (tertiary/aromatic N) is 1. The number of hydrogen-bond acceptors (Lipinski definition) is 2. The van der Waals surface area contributed by atoms with Crippen LogP contribution < -0.4 is 5.32 Å². The number of benzene rings is 2. The maximum Gasteiger partial charge on any atom is 0.227 e. The Labute approximate surface area is 137 Å². The van der Waals surface area contributed by atoms with Crippen molar-refractivity contribution in [2.45, 2.75) is 26.8 Å². The second-order valence-corrected chi connectivity index (χ2v) is 5.45. The van der Waals surface area contributed by atoms with Crippen LogP contribution >= 0.6 is 0 Å². The summed E-state index contributed by atoms with van der Waals surface area (Å²) in [5.74, 6) is -0.00234. The van der Waals surface area contributed by atoms with Crippen LogP contribution in [0.25, 0.3) is 0 Å². The summed E-state index contributed by atoms with van der Waals surface area (Å²) in [6.07, 6.45) is 0.362. The molecule has 1 N–H and O–H groups in total. The Bertz CT molecular complexity index is 651. The SMILES string of the molecule is CCN(Cc1ccccc1)C(=O)Cc1ccc(NC(C)=O)cc1. The van der Waals surface area contributed by atoms with E-state index in [4.69, 9.17) is 0 Å². The van der Waals surface area contributed by atoms with Gasteiger partial charge in [-0.25, -0.2) is 0 Å². The molecule has 120 valence electrons. The van der Waals surface area contributed by atoms with E-state index < -0.39 is 0 Å². The van der Waals surface area contributed by atoms with Crippen molar-refractivity contribution in [3.05, 3.63) is 65.7 Å². The third-order valence-corrected chi connectivity index (χ3v) is 3.58. The predicted octanol–water partition coefficient (Wildman–Crippen LogP) is 3.24. The number of amides is 2. The Morgan fingerprint density at radius 2 is 1.61 bits per heavy atom. The molecule has 0 fully saturated rings. The Morgan fingerprint density at radius 1 is 0.957 bits per heavy atom. The summed E-state index contributed by atoms with van der Waals surface area (Å²) >= 11 is 0. The zero-order valence-electron chi connectivity index (χ0n) is 13.6. The Hall–Kier alpha value is -2.62. The van der Waals surface area contributed by atoms with Crippen molar-refractivity contribution in [2.75, 3.05) is 11.9 Å². The molecule has 4 nitrogen and oxygen atoms in total. The summed E-state index contributed by atoms with van der Waals surface area (Å²) in [7, 11) is 0. The van der Waals surface area contributed by atoms with Gasteiger partial charge in [-0.1, -0.05) is 42.5 Å². The Morgan fingerprint density at radius 3 is 2.17 bits per heavy atom. The molecule has 2 aromatic rings. The minimum absolute atomic E-state index is 0.101. The lowest BCUT2D eigenvalue weighted by Crippen LogP contribution is -2.31. The molecule has 0 spiro atoms. The van der Waals surface area contributed by atoms with Crippen LogP contribution in [0.1, 0.15) is 25.0 Å². The van der Waals surface area contributed by atoms with Gasteiger partial charge < -0.3 is 10.2 Å². The average molecular weight is 310 g/mol. The van der Waals surface area contributed by atoms with E-state index in [1.54, 1.807) is 0 Å². The quantitative estimate of drug-likeness (QED) is 0.890. The molecular weight excluding hydrogens is 288 g/mol. The van der Waals surface area contributed by atoms with Gasteiger partial charge in [0.15, 0.2) is 0 Å². The number of likely N-dealkylation sites (N-methyl/N-ethyl adjacent to an activating group) is 1. The van der Waals surface area contributed by atoms with Gasteiger partial charge in [0.2, 0.25) is 11.8 Å². The van der Waals surface area contributed by atoms with E-state index in [0.29, 0.717) is 19.5 Å². The van der Waals surface area contributed by atoms with Gasteiger partial charge in [-0.3, -0.25) is 9.59 Å². The molecule has 0 aromatic heterocycles. The molecule has 0 unspecified atom stereocenters. The van der Waals surface area contributed by atoms with E-state index >= 15 is 0 Å². The van der Waals surface area contributed by atoms with Gasteiger partial charge >= 0.3 is 0 Å². The summed E-state index contributed by atoms with van der Waals surface area (Å²) < 4.78 is 0. The first kappa shape index (κ1) is 16.7. The first-order valence-corrected chi connectivity index (χ1v) is 7.76. The number of rotatable bonds is 6. The van der Waals surface area contributed by atoms with E-state index in [1.807, 2.05) is 66.4 Å². The van der Waals surface area contributed by atoms with Gasteiger partial charge in [-0.15, -0.1) is 0 Å². The molecule has 0 aliphatic rings. The van der Waals surface area contributed by atoms with Crippen LogP contribution in [-0.4, -0.2) is 23.3 Å². The largest absolute Gasteiger partial charge is 0.338 e. The highest BCUT2D eigenvalue weighted by molar-refractivity contribution is 5.88. The van der Waals surface area contributed by atoms with Crippen LogP contribution in [0.4, 0.5) is 5.69 Å². The van der Waals surface area contributed by atoms with Gasteiger partial charge in [0.05, 0.1) is 6.42 Å². The smallest absolute Gasteiger partial charge is 0.227 e. The van der Waals surface area contributed by atoms with E-state index in [2.05, 4.69) is 5.32 Å². The van der Waals surface area contributed by atoms with Gasteiger partial charge in [-0.2, -0.15) is 0 Å². The summed E-state index contributed by atoms with van der Waals surface area (Å²) in [6, 6.07) is 17.4. The van der Waals surface area contributed by atoms with Crippen LogP contribution in [0.3, 0.4) is 0 Å². The van der Waals surface area contributed by atoms with Gasteiger partial charge in [0, 0.05) is 25.7 Å². The normalized spacial score (nSPS) is 10.2. The van der Waals surface area contributed by atoms with Gasteiger partial charge in [0.25, 0.3) is 0 Å². The molecule has 0 saturated heterocycles. The van der Waals surface area contributed by atoms with E-state index in [9.17, 15) is 9.59 Å². The summed E-state index contributed by atoms with van der Waals surface area (Å²) in [4.78, 5) is 25.3. The highest BCUT2D eigenvalue weighted by Gasteiger charge is 2.12. The van der Waals surface area contributed by atoms with E-state index in [1.165, 1.54) is 6.92 Å². The molecule has 0 atom stereocenters. The minimum Gasteiger partial charge on any atom is -0.338 e. The average Bonchev–Trinajstić information content (AvgIpc) is 2.55. The van der Waals surface area contributed by atoms with Crippen molar-refractivity contribution in [3.8, 4) is 0 Å². The zero-order valence-corrected chi connectivity index (χ0v) is 13.6. The van der Waals surface area contributed by atoms with Crippen molar-refractivity contribution in [2.24, 2.45) is 0 Å². The topological polar surface area (TPSA) is 49.4 Å². The van der Waals surface area contributed by atoms with Crippen LogP contribution in [-0.2, 0) is 22.6 Å². The van der Waals surface area contributed by atoms with Crippen molar-refractivity contribution < 1.29 is 9.59 Å². The first-order chi connectivity index (χ1) is 11.1. The van der Waals surface area contributed by atoms with E-state index in [0.717, 1.165) is 16.8 Å². The molecule has 0 aliphatic heterocycles. The molecule has 0 radical (unpaired) electrons. The van der Waals surface area contributed by atoms with Gasteiger partial charge in [-0.05, 0) is 30.2 Å². The number of anilines is 1. The maximum absolute atomic E-state index is 12.5. The molecule has 2 amide bonds. The van der Waals surface area contributed by atoms with Crippen molar-refractivity contribution in [1.29, 1.82) is 0 Å². The summed E-state index contributed by atoms with van der Waals surface area (Å²) in [5.41, 5.74) is 2.81. The highest BCUT2D eigenvalue weighted by Crippen LogP contribution is 2.12. The van der Waals surface area contributed by atoms with E-state index in [-0.39, 0.29) is 11.8 Å². The highest BCUT2D eigenvalue weighted by atomic mass is 16.2. The minimum atomic E-state index is -0.103. The number of carbonyl (C=O) groups excluding carboxylic acids is 2. The molecule has 2 rings (SSSR count). The summed E-state index contributed by atoms with van der Waals surface area (Å²) in [5, 5.41) is 2.72. The molecular formula is C19H22N2O2. The fourth-order valence-corrected chi connectivity index (χ4v) is 2.38. The number of nitrogens with one attached hydrogen (secondary N) is 1. The molecule has 0 saturated carbocycles. The summed E-state index contributed by atoms with van der Waals surface area (Å²) in [6.45, 7) is 4.76. The molecule has 2 aromatic carbocycles. The standard InChI is InChI=1S/C19H22N2O2/c1-3-21(14-17-7-5-4-6-8-17)19(23)13-16-9-11-18(12-10-16)20-15(2)22/h4-12H,3,13-14H2,1-2H3,(H,20,22). The molecule has 0 bridgehead atoms. The lowest BCUT2D eigenvalue weighted by molar-refractivity contribution is -0.130. The number of carbonyl (C=O) groups is 2. The lowest BCUT2D eigenvalue weighted by Gasteiger charge is -2.21. The van der Waals surface area contributed by atoms with Crippen molar-refractivity contribution in [3.63, 3.8) is 0 Å². The fourth-order valence-electron chi connectivity index (χ4n) is 2.38. The third-order valence-electron chi connectivity index (χ3n) is 3.58. The second-order valence-electron chi connectivity index (χ2n) is 5.45. The van der Waals surface area contributed by atoms with Crippen LogP contribution in [0, 0.1) is 0 Å². The predicted molar refractivity (Wildman–Crippen MR) is 92.0 cm³/mol. The molecule has 0 aliphatic carbocycles. The Kier molecular flexibility index (Phi) is 5.92. The van der Waals surface area contributed by atoms with Crippen molar-refractivity contribution in [1.82, 2.24) is 4.90 Å². The molecule has 4 heteroatoms. The number of hydrogen-bond donors (Lipinski definition) is 1. The lowest BCUT2D eigenvalue weighted by atomic mass is 10.1. The van der Waals surface area contributed by atoms with Crippen LogP contribution in [0.2, 0.25) is 0 Å². The van der Waals surface area contributed by atoms with Crippen LogP contribution in [0.15, 0.2) is 54.6 Å². The maximum atomic E-state index is 12.5. The molecule has 23 heavy (non-hydrogen) atoms. The first-order valence-electron chi connectivity index (χ1n) is 7.76. The van der Waals surface area contributed by atoms with Crippen LogP contribution in [0.5, 0.6) is 0 Å². The van der Waals surface area contributed by atoms with Crippen molar-refractivity contribution >= 4 is 17.5 Å². The monoisotopic (exact) mass is 310 g/mol. The molecule has 0 heterocycles. The van der Waals surface area contributed by atoms with Gasteiger partial charge in [0.1, 0.15) is 0 Å². The Balaban J connectivity index is 1.97. The fraction of sp³-hybridized carbons (Fsp3) is 0.263.